The van der Waals surface area contributed by atoms with Crippen LogP contribution in [0.4, 0.5) is 11.4 Å². The lowest BCUT2D eigenvalue weighted by Gasteiger charge is -2.18. The number of aryl methyl sites for hydroxylation is 2. The molecule has 126 valence electrons. The molecule has 0 radical (unpaired) electrons. The number of hydrogen-bond acceptors (Lipinski definition) is 3. The maximum absolute atomic E-state index is 12.5. The first-order valence-corrected chi connectivity index (χ1v) is 8.17. The van der Waals surface area contributed by atoms with Crippen LogP contribution < -0.4 is 10.2 Å². The number of nitrogens with zero attached hydrogens (tertiary/aromatic N) is 2. The van der Waals surface area contributed by atoms with Crippen LogP contribution in [0, 0.1) is 31.1 Å². The molecular formula is C20H19N3O2. The standard InChI is InChI=1S/C20H19N3O2/c1-13-7-8-17(9-14(13)2)23-12-16(10-19(23)24)20(25)22-18-6-4-3-5-15(18)11-21/h3-9,16H,10,12H2,1-2H3,(H,22,25). The zero-order chi connectivity index (χ0) is 18.0. The molecule has 25 heavy (non-hydrogen) atoms. The van der Waals surface area contributed by atoms with Gasteiger partial charge in [0.25, 0.3) is 0 Å². The summed E-state index contributed by atoms with van der Waals surface area (Å²) in [5.41, 5.74) is 3.98. The Morgan fingerprint density at radius 2 is 1.96 bits per heavy atom. The van der Waals surface area contributed by atoms with Gasteiger partial charge < -0.3 is 10.2 Å². The van der Waals surface area contributed by atoms with Gasteiger partial charge in [-0.1, -0.05) is 18.2 Å². The number of carbonyl (C=O) groups excluding carboxylic acids is 2. The third-order valence-electron chi connectivity index (χ3n) is 4.60. The lowest BCUT2D eigenvalue weighted by atomic mass is 10.1. The molecule has 5 nitrogen and oxygen atoms in total. The highest BCUT2D eigenvalue weighted by Crippen LogP contribution is 2.28. The zero-order valence-electron chi connectivity index (χ0n) is 14.2. The van der Waals surface area contributed by atoms with E-state index in [-0.39, 0.29) is 18.2 Å². The summed E-state index contributed by atoms with van der Waals surface area (Å²) in [4.78, 5) is 26.5. The van der Waals surface area contributed by atoms with Gasteiger partial charge >= 0.3 is 0 Å². The van der Waals surface area contributed by atoms with E-state index in [1.54, 1.807) is 29.2 Å². The predicted molar refractivity (Wildman–Crippen MR) is 96.2 cm³/mol. The highest BCUT2D eigenvalue weighted by atomic mass is 16.2. The molecule has 1 heterocycles. The SMILES string of the molecule is Cc1ccc(N2CC(C(=O)Nc3ccccc3C#N)CC2=O)cc1C. The molecule has 0 saturated carbocycles. The van der Waals surface area contributed by atoms with Crippen LogP contribution >= 0.6 is 0 Å². The summed E-state index contributed by atoms with van der Waals surface area (Å²) < 4.78 is 0. The monoisotopic (exact) mass is 333 g/mol. The number of nitriles is 1. The molecule has 1 N–H and O–H groups in total. The van der Waals surface area contributed by atoms with Crippen molar-refractivity contribution in [2.24, 2.45) is 5.92 Å². The van der Waals surface area contributed by atoms with Crippen molar-refractivity contribution in [3.63, 3.8) is 0 Å². The first-order chi connectivity index (χ1) is 12.0. The molecule has 0 bridgehead atoms. The van der Waals surface area contributed by atoms with Crippen LogP contribution in [-0.4, -0.2) is 18.4 Å². The summed E-state index contributed by atoms with van der Waals surface area (Å²) >= 11 is 0. The fourth-order valence-corrected chi connectivity index (χ4v) is 2.95. The Labute approximate surface area is 146 Å². The topological polar surface area (TPSA) is 73.2 Å². The molecule has 1 aliphatic rings. The van der Waals surface area contributed by atoms with E-state index in [0.29, 0.717) is 17.8 Å². The molecule has 1 unspecified atom stereocenters. The van der Waals surface area contributed by atoms with Crippen molar-refractivity contribution in [3.8, 4) is 6.07 Å². The summed E-state index contributed by atoms with van der Waals surface area (Å²) in [6, 6.07) is 14.8. The van der Waals surface area contributed by atoms with Gasteiger partial charge in [-0.25, -0.2) is 0 Å². The van der Waals surface area contributed by atoms with Crippen LogP contribution in [0.2, 0.25) is 0 Å². The van der Waals surface area contributed by atoms with E-state index in [2.05, 4.69) is 11.4 Å². The minimum Gasteiger partial charge on any atom is -0.325 e. The van der Waals surface area contributed by atoms with E-state index >= 15 is 0 Å². The van der Waals surface area contributed by atoms with Gasteiger partial charge in [0.15, 0.2) is 0 Å². The fraction of sp³-hybridized carbons (Fsp3) is 0.250. The number of rotatable bonds is 3. The van der Waals surface area contributed by atoms with Crippen molar-refractivity contribution in [2.75, 3.05) is 16.8 Å². The molecule has 1 atom stereocenters. The molecule has 1 aliphatic heterocycles. The van der Waals surface area contributed by atoms with Gasteiger partial charge in [-0.2, -0.15) is 5.26 Å². The molecule has 5 heteroatoms. The van der Waals surface area contributed by atoms with Gasteiger partial charge in [-0.05, 0) is 49.2 Å². The summed E-state index contributed by atoms with van der Waals surface area (Å²) in [5, 5.41) is 11.9. The second-order valence-electron chi connectivity index (χ2n) is 6.32. The first kappa shape index (κ1) is 16.7. The number of amides is 2. The largest absolute Gasteiger partial charge is 0.325 e. The maximum atomic E-state index is 12.5. The summed E-state index contributed by atoms with van der Waals surface area (Å²) in [6.45, 7) is 4.37. The Morgan fingerprint density at radius 1 is 1.20 bits per heavy atom. The van der Waals surface area contributed by atoms with Crippen molar-refractivity contribution in [1.82, 2.24) is 0 Å². The number of para-hydroxylation sites is 1. The minimum atomic E-state index is -0.430. The maximum Gasteiger partial charge on any atom is 0.229 e. The third kappa shape index (κ3) is 3.38. The van der Waals surface area contributed by atoms with Crippen LogP contribution in [0.25, 0.3) is 0 Å². The van der Waals surface area contributed by atoms with Gasteiger partial charge in [-0.3, -0.25) is 9.59 Å². The van der Waals surface area contributed by atoms with Crippen LogP contribution in [0.1, 0.15) is 23.1 Å². The van der Waals surface area contributed by atoms with E-state index < -0.39 is 5.92 Å². The molecule has 0 aromatic heterocycles. The smallest absolute Gasteiger partial charge is 0.229 e. The van der Waals surface area contributed by atoms with Gasteiger partial charge in [0.1, 0.15) is 6.07 Å². The van der Waals surface area contributed by atoms with Crippen molar-refractivity contribution >= 4 is 23.2 Å². The Hall–Kier alpha value is -3.13. The van der Waals surface area contributed by atoms with Crippen LogP contribution in [0.5, 0.6) is 0 Å². The molecule has 2 amide bonds. The average Bonchev–Trinajstić information content (AvgIpc) is 3.00. The molecule has 1 saturated heterocycles. The minimum absolute atomic E-state index is 0.0584. The molecule has 2 aromatic carbocycles. The normalized spacial score (nSPS) is 16.6. The second-order valence-corrected chi connectivity index (χ2v) is 6.32. The molecule has 0 aliphatic carbocycles. The van der Waals surface area contributed by atoms with Gasteiger partial charge in [-0.15, -0.1) is 0 Å². The summed E-state index contributed by atoms with van der Waals surface area (Å²) in [6.07, 6.45) is 0.174. The fourth-order valence-electron chi connectivity index (χ4n) is 2.95. The van der Waals surface area contributed by atoms with E-state index in [0.717, 1.165) is 16.8 Å². The molecule has 3 rings (SSSR count). The van der Waals surface area contributed by atoms with Crippen molar-refractivity contribution in [3.05, 3.63) is 59.2 Å². The number of benzene rings is 2. The quantitative estimate of drug-likeness (QED) is 0.937. The lowest BCUT2D eigenvalue weighted by molar-refractivity contribution is -0.122. The molecule has 0 spiro atoms. The van der Waals surface area contributed by atoms with Crippen LogP contribution in [0.3, 0.4) is 0 Å². The van der Waals surface area contributed by atoms with E-state index in [1.807, 2.05) is 32.0 Å². The summed E-state index contributed by atoms with van der Waals surface area (Å²) in [7, 11) is 0. The molecule has 2 aromatic rings. The first-order valence-electron chi connectivity index (χ1n) is 8.17. The Bertz CT molecular complexity index is 883. The predicted octanol–water partition coefficient (Wildman–Crippen LogP) is 3.17. The highest BCUT2D eigenvalue weighted by molar-refractivity contribution is 6.03. The molecular weight excluding hydrogens is 314 g/mol. The van der Waals surface area contributed by atoms with E-state index in [4.69, 9.17) is 5.26 Å². The summed E-state index contributed by atoms with van der Waals surface area (Å²) in [5.74, 6) is -0.722. The van der Waals surface area contributed by atoms with E-state index in [1.165, 1.54) is 0 Å². The Morgan fingerprint density at radius 3 is 2.68 bits per heavy atom. The van der Waals surface area contributed by atoms with Crippen LogP contribution in [-0.2, 0) is 9.59 Å². The lowest BCUT2D eigenvalue weighted by Crippen LogP contribution is -2.28. The number of hydrogen-bond donors (Lipinski definition) is 1. The van der Waals surface area contributed by atoms with Gasteiger partial charge in [0.2, 0.25) is 11.8 Å². The second kappa shape index (κ2) is 6.78. The number of nitrogens with one attached hydrogen (secondary N) is 1. The van der Waals surface area contributed by atoms with Crippen molar-refractivity contribution < 1.29 is 9.59 Å². The van der Waals surface area contributed by atoms with Crippen molar-refractivity contribution in [1.29, 1.82) is 5.26 Å². The third-order valence-corrected chi connectivity index (χ3v) is 4.60. The molecule has 1 fully saturated rings. The number of carbonyl (C=O) groups is 2. The Kier molecular flexibility index (Phi) is 4.53. The number of anilines is 2. The average molecular weight is 333 g/mol. The van der Waals surface area contributed by atoms with E-state index in [9.17, 15) is 9.59 Å². The van der Waals surface area contributed by atoms with Crippen LogP contribution in [0.15, 0.2) is 42.5 Å². The highest BCUT2D eigenvalue weighted by Gasteiger charge is 2.35. The Balaban J connectivity index is 1.74. The zero-order valence-corrected chi connectivity index (χ0v) is 14.2. The van der Waals surface area contributed by atoms with Crippen molar-refractivity contribution in [2.45, 2.75) is 20.3 Å². The van der Waals surface area contributed by atoms with Gasteiger partial charge in [0.05, 0.1) is 17.2 Å². The van der Waals surface area contributed by atoms with Gasteiger partial charge in [0, 0.05) is 18.7 Å².